The molecule has 0 spiro atoms. The lowest BCUT2D eigenvalue weighted by atomic mass is 9.96. The number of esters is 1. The van der Waals surface area contributed by atoms with Gasteiger partial charge in [0, 0.05) is 140 Å². The summed E-state index contributed by atoms with van der Waals surface area (Å²) >= 11 is 0. The van der Waals surface area contributed by atoms with E-state index in [1.807, 2.05) is 65.6 Å². The van der Waals surface area contributed by atoms with Crippen LogP contribution in [0.25, 0.3) is 34.1 Å². The summed E-state index contributed by atoms with van der Waals surface area (Å²) in [5.41, 5.74) is 3.53. The van der Waals surface area contributed by atoms with E-state index in [1.54, 1.807) is 108 Å². The summed E-state index contributed by atoms with van der Waals surface area (Å²) in [5.74, 6) is 5.52. The van der Waals surface area contributed by atoms with Gasteiger partial charge in [-0.05, 0) is 118 Å². The van der Waals surface area contributed by atoms with E-state index in [2.05, 4.69) is 60.9 Å². The SMILES string of the molecule is CCNC(=O)Nc1ccc(-c2nc3n(Cc4c(F)cccc4F)ccc(=O)n3c2CN(CC(=O)NCC(=O)N2CCC(C(=O)NCC#Cc3ccccc3C#CCNC(=O)C3CCN(C(=O)CN(Cc4ccccc4)Cc4c(-c5ccc(NC(=O)NCC)cc5)nc5n(Cc6c(F)cccc6F)cc(C(=O)OCC)c(=O)n45)CC3)CC2)Cc2ccccc2)cc1. The molecule has 32 heteroatoms. The van der Waals surface area contributed by atoms with E-state index in [-0.39, 0.29) is 156 Å². The molecule has 0 bridgehead atoms. The minimum atomic E-state index is -0.981. The number of rotatable bonds is 30. The third-order valence-corrected chi connectivity index (χ3v) is 21.5. The van der Waals surface area contributed by atoms with Gasteiger partial charge in [-0.25, -0.2) is 50.7 Å². The summed E-state index contributed by atoms with van der Waals surface area (Å²) in [6.45, 7) is 5.54. The van der Waals surface area contributed by atoms with E-state index in [9.17, 15) is 47.9 Å². The molecule has 11 aromatic rings. The Balaban J connectivity index is 0.598. The molecule has 28 nitrogen and oxygen atoms in total. The number of fused-ring (bicyclic) bond motifs is 2. The van der Waals surface area contributed by atoms with Crippen molar-refractivity contribution in [3.05, 3.63) is 283 Å². The average Bonchev–Trinajstić information content (AvgIpc) is 1.63. The van der Waals surface area contributed by atoms with Crippen molar-refractivity contribution >= 4 is 70.5 Å². The van der Waals surface area contributed by atoms with E-state index in [0.717, 1.165) is 35.4 Å². The predicted octanol–water partition coefficient (Wildman–Crippen LogP) is 9.69. The van der Waals surface area contributed by atoms with Gasteiger partial charge >= 0.3 is 18.0 Å². The summed E-state index contributed by atoms with van der Waals surface area (Å²) in [4.78, 5) is 154. The van der Waals surface area contributed by atoms with Crippen LogP contribution >= 0.6 is 0 Å². The summed E-state index contributed by atoms with van der Waals surface area (Å²) < 4.78 is 71.8. The normalized spacial score (nSPS) is 12.9. The maximum absolute atomic E-state index is 15.5. The van der Waals surface area contributed by atoms with Crippen molar-refractivity contribution in [1.29, 1.82) is 0 Å². The van der Waals surface area contributed by atoms with Crippen LogP contribution in [0, 0.1) is 58.8 Å². The standard InChI is InChI=1S/C93H93F4N17O11/c1-4-98-90(123)103-69-35-31-65(32-36-69)84-78(113-81(116)43-50-111(92(113)105-84)54-71-74(94)27-15-28-75(71)95)57-107(52-61-19-9-7-10-20-61)59-80(115)102-51-82(117)109-46-39-67(40-47-109)86(119)100-44-17-25-63-23-13-14-24-64(63)26-18-45-101-87(120)68-41-48-110(49-42-68)83(118)60-108(53-62-21-11-8-12-22-62)58-79-85(66-33-37-70(38-34-66)104-91(124)99-5-2)106-93-112(55-72-76(96)29-16-30-77(72)97)56-73(88(121)114(79)93)89(122)125-6-3/h7-16,19-24,27-38,43,50,56,67-68H,4-6,39-42,44-49,51-55,57-60H2,1-3H3,(H,100,119)(H,101,120)(H,102,115)(H2,98,103,123)(H2,99,104,124). The number of nitrogens with zero attached hydrogens (tertiary/aromatic N) is 10. The third kappa shape index (κ3) is 22.4. The molecule has 644 valence electrons. The van der Waals surface area contributed by atoms with Crippen molar-refractivity contribution < 1.29 is 60.7 Å². The number of piperidine rings is 2. The van der Waals surface area contributed by atoms with E-state index in [1.165, 1.54) is 48.5 Å². The summed E-state index contributed by atoms with van der Waals surface area (Å²) in [7, 11) is 0. The number of carbonyl (C=O) groups is 8. The highest BCUT2D eigenvalue weighted by molar-refractivity contribution is 5.92. The Morgan fingerprint density at radius 2 is 0.920 bits per heavy atom. The second-order valence-electron chi connectivity index (χ2n) is 30.0. The fourth-order valence-corrected chi connectivity index (χ4v) is 15.1. The molecule has 125 heavy (non-hydrogen) atoms. The zero-order valence-electron chi connectivity index (χ0n) is 69.1. The first-order chi connectivity index (χ1) is 60.6. The van der Waals surface area contributed by atoms with Gasteiger partial charge in [0.2, 0.25) is 41.1 Å². The van der Waals surface area contributed by atoms with Crippen LogP contribution in [0.5, 0.6) is 0 Å². The van der Waals surface area contributed by atoms with Crippen LogP contribution in [0.3, 0.4) is 0 Å². The van der Waals surface area contributed by atoms with Crippen molar-refractivity contribution in [3.8, 4) is 46.2 Å². The molecule has 6 heterocycles. The number of likely N-dealkylation sites (tertiary alicyclic amines) is 2. The number of amides is 9. The van der Waals surface area contributed by atoms with Gasteiger partial charge in [0.05, 0.1) is 75.2 Å². The zero-order valence-corrected chi connectivity index (χ0v) is 69.1. The lowest BCUT2D eigenvalue weighted by Gasteiger charge is -2.33. The predicted molar refractivity (Wildman–Crippen MR) is 461 cm³/mol. The molecular weight excluding hydrogens is 1610 g/mol. The van der Waals surface area contributed by atoms with Gasteiger partial charge in [-0.2, -0.15) is 0 Å². The quantitative estimate of drug-likeness (QED) is 0.0125. The summed E-state index contributed by atoms with van der Waals surface area (Å²) in [6, 6.07) is 46.6. The number of hydrogen-bond acceptors (Lipinski definition) is 15. The minimum Gasteiger partial charge on any atom is -0.462 e. The Labute approximate surface area is 717 Å². The van der Waals surface area contributed by atoms with Crippen LogP contribution in [0.2, 0.25) is 0 Å². The number of urea groups is 2. The summed E-state index contributed by atoms with van der Waals surface area (Å²) in [6.07, 6.45) is 3.99. The van der Waals surface area contributed by atoms with Crippen LogP contribution in [-0.4, -0.2) is 174 Å². The van der Waals surface area contributed by atoms with E-state index in [0.29, 0.717) is 83.8 Å². The Hall–Kier alpha value is -14.5. The van der Waals surface area contributed by atoms with Crippen LogP contribution < -0.4 is 48.3 Å². The molecule has 13 rings (SSSR count). The largest absolute Gasteiger partial charge is 0.462 e. The Morgan fingerprint density at radius 3 is 1.39 bits per heavy atom. The molecule has 2 fully saturated rings. The molecule has 2 aliphatic rings. The molecule has 4 aromatic heterocycles. The molecule has 0 saturated carbocycles. The smallest absolute Gasteiger partial charge is 0.345 e. The fourth-order valence-electron chi connectivity index (χ4n) is 15.1. The molecule has 0 aliphatic carbocycles. The number of carbonyl (C=O) groups excluding carboxylic acids is 8. The van der Waals surface area contributed by atoms with Crippen LogP contribution in [0.1, 0.15) is 102 Å². The molecule has 0 radical (unpaired) electrons. The molecule has 7 N–H and O–H groups in total. The number of halogens is 4. The average molecular weight is 1700 g/mol. The topological polar surface area (TPSA) is 322 Å². The zero-order chi connectivity index (χ0) is 88.0. The lowest BCUT2D eigenvalue weighted by Crippen LogP contribution is -2.47. The van der Waals surface area contributed by atoms with E-state index >= 15 is 17.6 Å². The van der Waals surface area contributed by atoms with Gasteiger partial charge in [0.25, 0.3) is 11.1 Å². The van der Waals surface area contributed by atoms with E-state index < -0.39 is 82.3 Å². The van der Waals surface area contributed by atoms with Gasteiger partial charge in [-0.3, -0.25) is 43.4 Å². The van der Waals surface area contributed by atoms with Crippen molar-refractivity contribution in [2.45, 2.75) is 85.7 Å². The number of nitrogens with one attached hydrogen (secondary N) is 7. The molecule has 7 aromatic carbocycles. The third-order valence-electron chi connectivity index (χ3n) is 21.5. The Morgan fingerprint density at radius 1 is 0.480 bits per heavy atom. The van der Waals surface area contributed by atoms with Crippen molar-refractivity contribution in [3.63, 3.8) is 0 Å². The highest BCUT2D eigenvalue weighted by Crippen LogP contribution is 2.32. The highest BCUT2D eigenvalue weighted by atomic mass is 19.1. The fraction of sp³-hybridized carbons (Fsp3) is 0.290. The molecular formula is C93H93F4N17O11. The first kappa shape index (κ1) is 88.3. The number of imidazole rings is 2. The second kappa shape index (κ2) is 41.9. The first-order valence-corrected chi connectivity index (χ1v) is 41.2. The maximum atomic E-state index is 15.5. The van der Waals surface area contributed by atoms with Crippen molar-refractivity contribution in [2.24, 2.45) is 11.8 Å². The number of benzene rings is 7. The van der Waals surface area contributed by atoms with Crippen molar-refractivity contribution in [2.75, 3.05) is 89.2 Å². The Kier molecular flexibility index (Phi) is 29.6. The van der Waals surface area contributed by atoms with Gasteiger partial charge in [0.1, 0.15) is 28.8 Å². The number of anilines is 2. The van der Waals surface area contributed by atoms with Crippen molar-refractivity contribution in [1.82, 2.24) is 74.1 Å². The molecule has 9 amide bonds. The monoisotopic (exact) mass is 1700 g/mol. The van der Waals surface area contributed by atoms with Crippen LogP contribution in [-0.2, 0) is 68.0 Å². The second-order valence-corrected chi connectivity index (χ2v) is 30.0. The van der Waals surface area contributed by atoms with Gasteiger partial charge < -0.3 is 60.9 Å². The molecule has 0 unspecified atom stereocenters. The van der Waals surface area contributed by atoms with Crippen LogP contribution in [0.4, 0.5) is 38.5 Å². The van der Waals surface area contributed by atoms with Gasteiger partial charge in [-0.1, -0.05) is 133 Å². The van der Waals surface area contributed by atoms with Crippen LogP contribution in [0.15, 0.2) is 198 Å². The molecule has 2 aliphatic heterocycles. The van der Waals surface area contributed by atoms with E-state index in [4.69, 9.17) is 14.7 Å². The number of aromatic nitrogens is 6. The number of ether oxygens (including phenoxy) is 1. The van der Waals surface area contributed by atoms with Gasteiger partial charge in [-0.15, -0.1) is 0 Å². The Bertz CT molecular complexity index is 6020. The highest BCUT2D eigenvalue weighted by Gasteiger charge is 2.33. The lowest BCUT2D eigenvalue weighted by molar-refractivity contribution is -0.136. The first-order valence-electron chi connectivity index (χ1n) is 41.2. The molecule has 0 atom stereocenters. The maximum Gasteiger partial charge on any atom is 0.345 e. The summed E-state index contributed by atoms with van der Waals surface area (Å²) in [5, 5.41) is 19.5. The van der Waals surface area contributed by atoms with Gasteiger partial charge in [0.15, 0.2) is 0 Å². The molecule has 2 saturated heterocycles. The minimum absolute atomic E-state index is 0.0150. The number of hydrogen-bond donors (Lipinski definition) is 7.